The summed E-state index contributed by atoms with van der Waals surface area (Å²) in [5, 5.41) is 0. The van der Waals surface area contributed by atoms with Crippen molar-refractivity contribution in [1.29, 1.82) is 0 Å². The first kappa shape index (κ1) is 23.9. The van der Waals surface area contributed by atoms with E-state index in [0.29, 0.717) is 38.5 Å². The van der Waals surface area contributed by atoms with Gasteiger partial charge in [0.15, 0.2) is 0 Å². The molecule has 1 aliphatic heterocycles. The van der Waals surface area contributed by atoms with Crippen LogP contribution in [0.15, 0.2) is 47.4 Å². The summed E-state index contributed by atoms with van der Waals surface area (Å²) >= 11 is 0. The van der Waals surface area contributed by atoms with Crippen LogP contribution >= 0.6 is 0 Å². The Labute approximate surface area is 190 Å². The average Bonchev–Trinajstić information content (AvgIpc) is 2.79. The minimum atomic E-state index is -3.84. The molecule has 1 amide bonds. The summed E-state index contributed by atoms with van der Waals surface area (Å²) in [5.41, 5.74) is 1.71. The van der Waals surface area contributed by atoms with Gasteiger partial charge in [0.2, 0.25) is 15.9 Å². The second-order valence-corrected chi connectivity index (χ2v) is 9.40. The zero-order chi connectivity index (χ0) is 23.3. The number of benzene rings is 2. The number of methoxy groups -OCH3 is 1. The van der Waals surface area contributed by atoms with Gasteiger partial charge < -0.3 is 19.3 Å². The minimum Gasteiger partial charge on any atom is -0.495 e. The number of hydrogen-bond acceptors (Lipinski definition) is 6. The number of amides is 1. The summed E-state index contributed by atoms with van der Waals surface area (Å²) < 4.78 is 39.0. The van der Waals surface area contributed by atoms with Crippen LogP contribution in [0.5, 0.6) is 11.5 Å². The summed E-state index contributed by atoms with van der Waals surface area (Å²) in [6.07, 6.45) is 0. The Kier molecular flexibility index (Phi) is 7.63. The Morgan fingerprint density at radius 3 is 2.41 bits per heavy atom. The van der Waals surface area contributed by atoms with E-state index in [1.165, 1.54) is 6.07 Å². The van der Waals surface area contributed by atoms with Crippen LogP contribution in [0.1, 0.15) is 19.4 Å². The Morgan fingerprint density at radius 2 is 1.78 bits per heavy atom. The van der Waals surface area contributed by atoms with Gasteiger partial charge in [-0.25, -0.2) is 8.42 Å². The SMILES string of the molecule is CCOc1ccc(S(=O)(=O)NC(C)C(=O)N2CCN(c3ccccc3OC)CC2)cc1C. The molecule has 1 heterocycles. The molecule has 174 valence electrons. The van der Waals surface area contributed by atoms with Crippen LogP contribution in [0, 0.1) is 6.92 Å². The largest absolute Gasteiger partial charge is 0.495 e. The molecule has 1 atom stereocenters. The number of sulfonamides is 1. The van der Waals surface area contributed by atoms with Gasteiger partial charge in [-0.05, 0) is 56.7 Å². The molecule has 32 heavy (non-hydrogen) atoms. The molecule has 0 saturated carbocycles. The molecule has 1 unspecified atom stereocenters. The van der Waals surface area contributed by atoms with Crippen molar-refractivity contribution in [3.63, 3.8) is 0 Å². The lowest BCUT2D eigenvalue weighted by Crippen LogP contribution is -2.54. The number of para-hydroxylation sites is 2. The lowest BCUT2D eigenvalue weighted by molar-refractivity contribution is -0.132. The maximum atomic E-state index is 12.9. The van der Waals surface area contributed by atoms with E-state index in [9.17, 15) is 13.2 Å². The first-order chi connectivity index (χ1) is 15.3. The van der Waals surface area contributed by atoms with Crippen molar-refractivity contribution < 1.29 is 22.7 Å². The lowest BCUT2D eigenvalue weighted by Gasteiger charge is -2.37. The number of piperazine rings is 1. The highest BCUT2D eigenvalue weighted by molar-refractivity contribution is 7.89. The van der Waals surface area contributed by atoms with Crippen LogP contribution in [-0.2, 0) is 14.8 Å². The van der Waals surface area contributed by atoms with Crippen molar-refractivity contribution in [3.05, 3.63) is 48.0 Å². The molecule has 1 N–H and O–H groups in total. The van der Waals surface area contributed by atoms with Gasteiger partial charge in [0.1, 0.15) is 11.5 Å². The van der Waals surface area contributed by atoms with Gasteiger partial charge in [0.05, 0.1) is 30.3 Å². The smallest absolute Gasteiger partial charge is 0.241 e. The fraction of sp³-hybridized carbons (Fsp3) is 0.435. The first-order valence-corrected chi connectivity index (χ1v) is 12.2. The Balaban J connectivity index is 1.62. The maximum Gasteiger partial charge on any atom is 0.241 e. The van der Waals surface area contributed by atoms with Crippen molar-refractivity contribution >= 4 is 21.6 Å². The van der Waals surface area contributed by atoms with E-state index in [-0.39, 0.29) is 10.8 Å². The molecule has 2 aromatic carbocycles. The number of nitrogens with zero attached hydrogens (tertiary/aromatic N) is 2. The number of nitrogens with one attached hydrogen (secondary N) is 1. The third kappa shape index (κ3) is 5.34. The highest BCUT2D eigenvalue weighted by Crippen LogP contribution is 2.28. The topological polar surface area (TPSA) is 88.2 Å². The monoisotopic (exact) mass is 461 g/mol. The van der Waals surface area contributed by atoms with Crippen molar-refractivity contribution in [2.24, 2.45) is 0 Å². The minimum absolute atomic E-state index is 0.110. The zero-order valence-corrected chi connectivity index (χ0v) is 19.8. The zero-order valence-electron chi connectivity index (χ0n) is 19.0. The molecule has 1 saturated heterocycles. The molecule has 0 radical (unpaired) electrons. The van der Waals surface area contributed by atoms with E-state index in [1.54, 1.807) is 38.0 Å². The summed E-state index contributed by atoms with van der Waals surface area (Å²) in [6.45, 7) is 8.04. The number of anilines is 1. The van der Waals surface area contributed by atoms with E-state index >= 15 is 0 Å². The maximum absolute atomic E-state index is 12.9. The molecular formula is C23H31N3O5S. The van der Waals surface area contributed by atoms with Crippen LogP contribution in [0.2, 0.25) is 0 Å². The first-order valence-electron chi connectivity index (χ1n) is 10.7. The van der Waals surface area contributed by atoms with E-state index in [2.05, 4.69) is 9.62 Å². The molecule has 1 fully saturated rings. The fourth-order valence-electron chi connectivity index (χ4n) is 3.79. The van der Waals surface area contributed by atoms with Crippen LogP contribution < -0.4 is 19.1 Å². The van der Waals surface area contributed by atoms with Crippen LogP contribution in [0.4, 0.5) is 5.69 Å². The molecule has 3 rings (SSSR count). The number of hydrogen-bond donors (Lipinski definition) is 1. The molecule has 0 aliphatic carbocycles. The van der Waals surface area contributed by atoms with E-state index in [1.807, 2.05) is 31.2 Å². The predicted molar refractivity (Wildman–Crippen MR) is 124 cm³/mol. The number of ether oxygens (including phenoxy) is 2. The second kappa shape index (κ2) is 10.2. The highest BCUT2D eigenvalue weighted by atomic mass is 32.2. The summed E-state index contributed by atoms with van der Waals surface area (Å²) in [6, 6.07) is 11.6. The Morgan fingerprint density at radius 1 is 1.09 bits per heavy atom. The molecule has 9 heteroatoms. The van der Waals surface area contributed by atoms with Gasteiger partial charge in [0, 0.05) is 26.2 Å². The summed E-state index contributed by atoms with van der Waals surface area (Å²) in [7, 11) is -2.20. The van der Waals surface area contributed by atoms with E-state index in [0.717, 1.165) is 17.0 Å². The Hall–Kier alpha value is -2.78. The van der Waals surface area contributed by atoms with Gasteiger partial charge in [-0.3, -0.25) is 4.79 Å². The average molecular weight is 462 g/mol. The molecular weight excluding hydrogens is 430 g/mol. The molecule has 0 spiro atoms. The standard InChI is InChI=1S/C23H31N3O5S/c1-5-31-21-11-10-19(16-17(21)2)32(28,29)24-18(3)23(27)26-14-12-25(13-15-26)20-8-6-7-9-22(20)30-4/h6-11,16,18,24H,5,12-15H2,1-4H3. The summed E-state index contributed by atoms with van der Waals surface area (Å²) in [5.74, 6) is 1.19. The van der Waals surface area contributed by atoms with Gasteiger partial charge in [-0.15, -0.1) is 0 Å². The lowest BCUT2D eigenvalue weighted by atomic mass is 10.2. The summed E-state index contributed by atoms with van der Waals surface area (Å²) in [4.78, 5) is 16.9. The molecule has 2 aromatic rings. The van der Waals surface area contributed by atoms with Crippen molar-refractivity contribution in [2.45, 2.75) is 31.7 Å². The molecule has 0 aromatic heterocycles. The molecule has 0 bridgehead atoms. The predicted octanol–water partition coefficient (Wildman–Crippen LogP) is 2.42. The fourth-order valence-corrected chi connectivity index (χ4v) is 5.07. The third-order valence-corrected chi connectivity index (χ3v) is 7.01. The molecule has 8 nitrogen and oxygen atoms in total. The normalized spacial score (nSPS) is 15.4. The van der Waals surface area contributed by atoms with Crippen molar-refractivity contribution in [3.8, 4) is 11.5 Å². The van der Waals surface area contributed by atoms with Crippen LogP contribution in [0.3, 0.4) is 0 Å². The van der Waals surface area contributed by atoms with Gasteiger partial charge in [-0.1, -0.05) is 12.1 Å². The highest BCUT2D eigenvalue weighted by Gasteiger charge is 2.29. The van der Waals surface area contributed by atoms with Crippen molar-refractivity contribution in [2.75, 3.05) is 44.8 Å². The van der Waals surface area contributed by atoms with Crippen LogP contribution in [0.25, 0.3) is 0 Å². The second-order valence-electron chi connectivity index (χ2n) is 7.69. The number of aryl methyl sites for hydroxylation is 1. The quantitative estimate of drug-likeness (QED) is 0.650. The van der Waals surface area contributed by atoms with Crippen LogP contribution in [-0.4, -0.2) is 65.2 Å². The molecule has 1 aliphatic rings. The van der Waals surface area contributed by atoms with E-state index in [4.69, 9.17) is 9.47 Å². The van der Waals surface area contributed by atoms with E-state index < -0.39 is 16.1 Å². The number of carbonyl (C=O) groups excluding carboxylic acids is 1. The number of carbonyl (C=O) groups is 1. The van der Waals surface area contributed by atoms with Gasteiger partial charge in [0.25, 0.3) is 0 Å². The van der Waals surface area contributed by atoms with Gasteiger partial charge in [-0.2, -0.15) is 4.72 Å². The third-order valence-electron chi connectivity index (χ3n) is 5.48. The Bertz CT molecular complexity index is 1050. The van der Waals surface area contributed by atoms with Gasteiger partial charge >= 0.3 is 0 Å². The van der Waals surface area contributed by atoms with Crippen molar-refractivity contribution in [1.82, 2.24) is 9.62 Å². The number of rotatable bonds is 8.